The van der Waals surface area contributed by atoms with E-state index in [-0.39, 0.29) is 22.0 Å². The van der Waals surface area contributed by atoms with Crippen molar-refractivity contribution in [3.8, 4) is 5.75 Å². The van der Waals surface area contributed by atoms with E-state index in [2.05, 4.69) is 30.6 Å². The van der Waals surface area contributed by atoms with Crippen LogP contribution in [0.25, 0.3) is 11.0 Å². The number of carbonyl (C=O) groups excluding carboxylic acids is 1. The summed E-state index contributed by atoms with van der Waals surface area (Å²) in [5.74, 6) is -0.183. The molecule has 0 bridgehead atoms. The second-order valence-corrected chi connectivity index (χ2v) is 9.44. The van der Waals surface area contributed by atoms with Crippen molar-refractivity contribution in [3.05, 3.63) is 65.1 Å². The molecule has 0 aliphatic heterocycles. The van der Waals surface area contributed by atoms with E-state index in [4.69, 9.17) is 16.3 Å². The smallest absolute Gasteiger partial charge is 0.420 e. The van der Waals surface area contributed by atoms with Crippen molar-refractivity contribution in [1.82, 2.24) is 24.8 Å². The van der Waals surface area contributed by atoms with Gasteiger partial charge in [-0.3, -0.25) is 4.79 Å². The topological polar surface area (TPSA) is 108 Å². The molecule has 0 saturated heterocycles. The molecule has 0 spiro atoms. The molecule has 2 aromatic carbocycles. The largest absolute Gasteiger partial charge is 0.496 e. The highest BCUT2D eigenvalue weighted by Gasteiger charge is 2.34. The molecule has 0 fully saturated rings. The normalized spacial score (nSPS) is 11.5. The molecule has 2 N–H and O–H groups in total. The van der Waals surface area contributed by atoms with Crippen molar-refractivity contribution in [2.45, 2.75) is 6.18 Å². The van der Waals surface area contributed by atoms with E-state index >= 15 is 0 Å². The van der Waals surface area contributed by atoms with Gasteiger partial charge in [0.25, 0.3) is 5.91 Å². The number of likely N-dealkylation sites (N-methyl/N-ethyl adjacent to an activating group) is 2. The van der Waals surface area contributed by atoms with E-state index in [9.17, 15) is 18.0 Å². The standard InChI is InChI=1S/C26H26ClF3N8O2/c1-37(2)9-10-38(3)25-31-13-20-22(36-25)23(33-14-32-20)35-19-11-15(5-7-18(19)27)24(39)34-16-6-8-21(40-4)17(12-16)26(28,29)30/h5-8,11-14H,9-10H2,1-4H3,(H,34,39)(H,32,33,35). The Balaban J connectivity index is 1.60. The van der Waals surface area contributed by atoms with Gasteiger partial charge in [0, 0.05) is 31.4 Å². The minimum absolute atomic E-state index is 0.0491. The van der Waals surface area contributed by atoms with Crippen molar-refractivity contribution >= 4 is 51.7 Å². The minimum atomic E-state index is -4.66. The third-order valence-corrected chi connectivity index (χ3v) is 6.16. The zero-order chi connectivity index (χ0) is 29.0. The number of nitrogens with one attached hydrogen (secondary N) is 2. The van der Waals surface area contributed by atoms with Gasteiger partial charge in [-0.2, -0.15) is 13.2 Å². The number of ether oxygens (including phenoxy) is 1. The van der Waals surface area contributed by atoms with Gasteiger partial charge in [0.2, 0.25) is 5.95 Å². The molecule has 0 aliphatic carbocycles. The fourth-order valence-corrected chi connectivity index (χ4v) is 3.84. The first kappa shape index (κ1) is 28.8. The maximum Gasteiger partial charge on any atom is 0.420 e. The van der Waals surface area contributed by atoms with E-state index in [1.54, 1.807) is 6.20 Å². The Hall–Kier alpha value is -4.23. The molecule has 210 valence electrons. The zero-order valence-electron chi connectivity index (χ0n) is 22.0. The second-order valence-electron chi connectivity index (χ2n) is 9.04. The minimum Gasteiger partial charge on any atom is -0.496 e. The van der Waals surface area contributed by atoms with Gasteiger partial charge in [0.1, 0.15) is 23.1 Å². The van der Waals surface area contributed by atoms with Crippen LogP contribution in [0.4, 0.5) is 36.3 Å². The van der Waals surface area contributed by atoms with Gasteiger partial charge in [-0.05, 0) is 50.5 Å². The fourth-order valence-electron chi connectivity index (χ4n) is 3.67. The number of benzene rings is 2. The molecule has 0 radical (unpaired) electrons. The van der Waals surface area contributed by atoms with Gasteiger partial charge in [0.15, 0.2) is 5.82 Å². The molecule has 0 aliphatic rings. The van der Waals surface area contributed by atoms with Gasteiger partial charge < -0.3 is 25.2 Å². The van der Waals surface area contributed by atoms with Crippen LogP contribution in [0.2, 0.25) is 5.02 Å². The highest BCUT2D eigenvalue weighted by molar-refractivity contribution is 6.33. The molecule has 40 heavy (non-hydrogen) atoms. The Morgan fingerprint density at radius 1 is 1.05 bits per heavy atom. The van der Waals surface area contributed by atoms with Crippen LogP contribution in [0.1, 0.15) is 15.9 Å². The molecule has 0 atom stereocenters. The van der Waals surface area contributed by atoms with Crippen LogP contribution in [0.3, 0.4) is 0 Å². The van der Waals surface area contributed by atoms with Gasteiger partial charge in [0.05, 0.1) is 29.6 Å². The molecule has 2 aromatic heterocycles. The zero-order valence-corrected chi connectivity index (χ0v) is 22.8. The number of methoxy groups -OCH3 is 1. The maximum absolute atomic E-state index is 13.4. The summed E-state index contributed by atoms with van der Waals surface area (Å²) < 4.78 is 45.0. The summed E-state index contributed by atoms with van der Waals surface area (Å²) in [5, 5.41) is 5.85. The first-order chi connectivity index (χ1) is 19.0. The van der Waals surface area contributed by atoms with E-state index in [0.717, 1.165) is 25.8 Å². The first-order valence-corrected chi connectivity index (χ1v) is 12.3. The predicted molar refractivity (Wildman–Crippen MR) is 148 cm³/mol. The Bertz CT molecular complexity index is 1530. The summed E-state index contributed by atoms with van der Waals surface area (Å²) in [4.78, 5) is 34.4. The van der Waals surface area contributed by atoms with Crippen LogP contribution >= 0.6 is 11.6 Å². The van der Waals surface area contributed by atoms with Crippen molar-refractivity contribution in [1.29, 1.82) is 0 Å². The Morgan fingerprint density at radius 2 is 1.82 bits per heavy atom. The van der Waals surface area contributed by atoms with Crippen LogP contribution in [-0.2, 0) is 6.18 Å². The van der Waals surface area contributed by atoms with Crippen LogP contribution < -0.4 is 20.3 Å². The second kappa shape index (κ2) is 11.9. The number of fused-ring (bicyclic) bond motifs is 1. The number of nitrogens with zero attached hydrogens (tertiary/aromatic N) is 6. The van der Waals surface area contributed by atoms with Gasteiger partial charge in [-0.1, -0.05) is 11.6 Å². The van der Waals surface area contributed by atoms with Gasteiger partial charge in [-0.25, -0.2) is 19.9 Å². The van der Waals surface area contributed by atoms with Crippen molar-refractivity contribution in [2.24, 2.45) is 0 Å². The lowest BCUT2D eigenvalue weighted by Gasteiger charge is -2.20. The van der Waals surface area contributed by atoms with E-state index in [0.29, 0.717) is 35.0 Å². The average molecular weight is 575 g/mol. The SMILES string of the molecule is COc1ccc(NC(=O)c2ccc(Cl)c(Nc3ncnc4cnc(N(C)CCN(C)C)nc34)c2)cc1C(F)(F)F. The van der Waals surface area contributed by atoms with Crippen LogP contribution in [0, 0.1) is 0 Å². The molecule has 4 rings (SSSR count). The first-order valence-electron chi connectivity index (χ1n) is 11.9. The number of halogens is 4. The predicted octanol–water partition coefficient (Wildman–Crippen LogP) is 5.09. The van der Waals surface area contributed by atoms with Gasteiger partial charge >= 0.3 is 6.18 Å². The number of hydrogen-bond donors (Lipinski definition) is 2. The van der Waals surface area contributed by atoms with Crippen molar-refractivity contribution in [3.63, 3.8) is 0 Å². The third-order valence-electron chi connectivity index (χ3n) is 5.83. The number of rotatable bonds is 9. The van der Waals surface area contributed by atoms with Crippen molar-refractivity contribution < 1.29 is 22.7 Å². The summed E-state index contributed by atoms with van der Waals surface area (Å²) in [6.07, 6.45) is -1.73. The lowest BCUT2D eigenvalue weighted by Crippen LogP contribution is -2.29. The number of aromatic nitrogens is 4. The van der Waals surface area contributed by atoms with Crippen LogP contribution in [0.15, 0.2) is 48.9 Å². The van der Waals surface area contributed by atoms with Crippen LogP contribution in [0.5, 0.6) is 5.75 Å². The highest BCUT2D eigenvalue weighted by Crippen LogP contribution is 2.38. The lowest BCUT2D eigenvalue weighted by atomic mass is 10.1. The molecule has 10 nitrogen and oxygen atoms in total. The molecule has 0 unspecified atom stereocenters. The summed E-state index contributed by atoms with van der Waals surface area (Å²) in [6, 6.07) is 7.68. The summed E-state index contributed by atoms with van der Waals surface area (Å²) in [6.45, 7) is 1.49. The van der Waals surface area contributed by atoms with E-state index < -0.39 is 17.6 Å². The summed E-state index contributed by atoms with van der Waals surface area (Å²) in [5.41, 5.74) is 0.359. The molecule has 14 heteroatoms. The van der Waals surface area contributed by atoms with Crippen molar-refractivity contribution in [2.75, 3.05) is 56.9 Å². The molecule has 0 saturated carbocycles. The summed E-state index contributed by atoms with van der Waals surface area (Å²) >= 11 is 6.40. The highest BCUT2D eigenvalue weighted by atomic mass is 35.5. The van der Waals surface area contributed by atoms with Gasteiger partial charge in [-0.15, -0.1) is 0 Å². The molecular weight excluding hydrogens is 549 g/mol. The molecule has 1 amide bonds. The maximum atomic E-state index is 13.4. The molecule has 4 aromatic rings. The number of anilines is 4. The number of amides is 1. The third kappa shape index (κ3) is 6.66. The van der Waals surface area contributed by atoms with E-state index in [1.807, 2.05) is 30.9 Å². The Labute approximate surface area is 233 Å². The fraction of sp³-hybridized carbons (Fsp3) is 0.269. The number of carbonyl (C=O) groups is 1. The summed E-state index contributed by atoms with van der Waals surface area (Å²) in [7, 11) is 6.96. The lowest BCUT2D eigenvalue weighted by molar-refractivity contribution is -0.138. The average Bonchev–Trinajstić information content (AvgIpc) is 2.92. The monoisotopic (exact) mass is 574 g/mol. The van der Waals surface area contributed by atoms with E-state index in [1.165, 1.54) is 30.6 Å². The number of alkyl halides is 3. The molecule has 2 heterocycles. The Morgan fingerprint density at radius 3 is 2.52 bits per heavy atom. The van der Waals surface area contributed by atoms with Crippen LogP contribution in [-0.4, -0.2) is 72.1 Å². The Kier molecular flexibility index (Phi) is 8.55. The molecular formula is C26H26ClF3N8O2. The quantitative estimate of drug-likeness (QED) is 0.282. The number of hydrogen-bond acceptors (Lipinski definition) is 9.